The van der Waals surface area contributed by atoms with Crippen LogP contribution in [0.15, 0.2) is 22.7 Å². The average Bonchev–Trinajstić information content (AvgIpc) is 3.15. The maximum Gasteiger partial charge on any atom is 0.407 e. The van der Waals surface area contributed by atoms with Gasteiger partial charge in [0.25, 0.3) is 5.69 Å². The van der Waals surface area contributed by atoms with Crippen LogP contribution in [0.3, 0.4) is 0 Å². The highest BCUT2D eigenvalue weighted by Gasteiger charge is 2.28. The quantitative estimate of drug-likeness (QED) is 0.644. The molecule has 0 radical (unpaired) electrons. The molecule has 1 aliphatic heterocycles. The number of rotatable bonds is 4. The first kappa shape index (κ1) is 16.7. The summed E-state index contributed by atoms with van der Waals surface area (Å²) in [6.45, 7) is 4.26. The smallest absolute Gasteiger partial charge is 0.407 e. The molecule has 1 saturated heterocycles. The largest absolute Gasteiger partial charge is 0.465 e. The lowest BCUT2D eigenvalue weighted by molar-refractivity contribution is -0.383. The van der Waals surface area contributed by atoms with Crippen LogP contribution >= 0.6 is 0 Å². The predicted molar refractivity (Wildman–Crippen MR) is 89.7 cm³/mol. The fraction of sp³-hybridized carbons (Fsp3) is 0.375. The second-order valence-electron chi connectivity index (χ2n) is 6.05. The van der Waals surface area contributed by atoms with Crippen LogP contribution in [0.5, 0.6) is 0 Å². The molecule has 0 bridgehead atoms. The fourth-order valence-electron chi connectivity index (χ4n) is 3.13. The van der Waals surface area contributed by atoms with Gasteiger partial charge in [-0.05, 0) is 31.9 Å². The molecule has 0 aliphatic carbocycles. The van der Waals surface area contributed by atoms with Gasteiger partial charge in [-0.25, -0.2) is 4.79 Å². The third-order valence-electron chi connectivity index (χ3n) is 4.33. The van der Waals surface area contributed by atoms with E-state index in [0.717, 1.165) is 5.56 Å². The number of hydrogen-bond acceptors (Lipinski definition) is 6. The minimum Gasteiger partial charge on any atom is -0.465 e. The summed E-state index contributed by atoms with van der Waals surface area (Å²) in [7, 11) is 0. The molecule has 1 unspecified atom stereocenters. The van der Waals surface area contributed by atoms with Crippen molar-refractivity contribution in [2.45, 2.75) is 26.3 Å². The molecule has 1 amide bonds. The van der Waals surface area contributed by atoms with E-state index in [1.165, 1.54) is 11.0 Å². The van der Waals surface area contributed by atoms with Crippen LogP contribution in [-0.2, 0) is 0 Å². The molecule has 2 N–H and O–H groups in total. The topological polar surface area (TPSA) is 122 Å². The van der Waals surface area contributed by atoms with E-state index in [4.69, 9.17) is 9.63 Å². The van der Waals surface area contributed by atoms with Crippen molar-refractivity contribution in [2.75, 3.05) is 18.4 Å². The fourth-order valence-corrected chi connectivity index (χ4v) is 3.13. The molecule has 1 aromatic heterocycles. The molecule has 1 fully saturated rings. The van der Waals surface area contributed by atoms with E-state index in [1.807, 2.05) is 0 Å². The maximum atomic E-state index is 11.5. The molecule has 2 heterocycles. The van der Waals surface area contributed by atoms with Crippen molar-refractivity contribution in [2.24, 2.45) is 0 Å². The Labute approximate surface area is 143 Å². The molecule has 0 spiro atoms. The molecule has 132 valence electrons. The first-order chi connectivity index (χ1) is 11.9. The molecule has 2 aromatic rings. The van der Waals surface area contributed by atoms with Crippen molar-refractivity contribution >= 4 is 17.5 Å². The Morgan fingerprint density at radius 1 is 1.48 bits per heavy atom. The number of aromatic nitrogens is 1. The summed E-state index contributed by atoms with van der Waals surface area (Å²) in [5.41, 5.74) is 2.38. The zero-order valence-electron chi connectivity index (χ0n) is 13.9. The average molecular weight is 346 g/mol. The van der Waals surface area contributed by atoms with Gasteiger partial charge in [0, 0.05) is 30.8 Å². The summed E-state index contributed by atoms with van der Waals surface area (Å²) in [4.78, 5) is 23.3. The van der Waals surface area contributed by atoms with E-state index in [9.17, 15) is 14.9 Å². The summed E-state index contributed by atoms with van der Waals surface area (Å²) >= 11 is 0. The molecule has 9 heteroatoms. The minimum absolute atomic E-state index is 0.0636. The van der Waals surface area contributed by atoms with Crippen LogP contribution in [0.25, 0.3) is 11.1 Å². The van der Waals surface area contributed by atoms with Gasteiger partial charge in [-0.3, -0.25) is 10.1 Å². The molecule has 1 aromatic carbocycles. The third kappa shape index (κ3) is 3.25. The van der Waals surface area contributed by atoms with Crippen LogP contribution < -0.4 is 5.32 Å². The van der Waals surface area contributed by atoms with Crippen molar-refractivity contribution < 1.29 is 19.3 Å². The first-order valence-corrected chi connectivity index (χ1v) is 7.83. The lowest BCUT2D eigenvalue weighted by Crippen LogP contribution is -2.30. The van der Waals surface area contributed by atoms with Gasteiger partial charge in [-0.15, -0.1) is 0 Å². The molecule has 9 nitrogen and oxygen atoms in total. The van der Waals surface area contributed by atoms with Gasteiger partial charge in [0.1, 0.15) is 11.4 Å². The normalized spacial score (nSPS) is 16.9. The van der Waals surface area contributed by atoms with Crippen molar-refractivity contribution in [3.8, 4) is 11.1 Å². The number of nitrogens with one attached hydrogen (secondary N) is 1. The van der Waals surface area contributed by atoms with E-state index in [0.29, 0.717) is 42.2 Å². The van der Waals surface area contributed by atoms with Crippen LogP contribution in [0.2, 0.25) is 0 Å². The number of hydrogen-bond donors (Lipinski definition) is 2. The molecule has 25 heavy (non-hydrogen) atoms. The van der Waals surface area contributed by atoms with Crippen LogP contribution in [0.1, 0.15) is 17.9 Å². The number of anilines is 1. The molecular formula is C16H18N4O5. The summed E-state index contributed by atoms with van der Waals surface area (Å²) in [6.07, 6.45) is -0.373. The standard InChI is InChI=1S/C16H18N4O5/c1-9-15(10(2)25-18-9)11-3-4-13(14(7-11)20(23)24)17-12-5-6-19(8-12)16(21)22/h3-4,7,12,17H,5-6,8H2,1-2H3,(H,21,22). The highest BCUT2D eigenvalue weighted by Crippen LogP contribution is 2.34. The van der Waals surface area contributed by atoms with Crippen molar-refractivity contribution in [3.63, 3.8) is 0 Å². The number of amides is 1. The highest BCUT2D eigenvalue weighted by atomic mass is 16.6. The van der Waals surface area contributed by atoms with Gasteiger partial charge in [0.15, 0.2) is 0 Å². The predicted octanol–water partition coefficient (Wildman–Crippen LogP) is 3.03. The van der Waals surface area contributed by atoms with Crippen LogP contribution in [0, 0.1) is 24.0 Å². The van der Waals surface area contributed by atoms with Gasteiger partial charge in [-0.1, -0.05) is 11.2 Å². The van der Waals surface area contributed by atoms with Crippen LogP contribution in [-0.4, -0.2) is 45.3 Å². The Morgan fingerprint density at radius 3 is 2.80 bits per heavy atom. The second-order valence-corrected chi connectivity index (χ2v) is 6.05. The van der Waals surface area contributed by atoms with Gasteiger partial charge in [0.05, 0.1) is 10.6 Å². The van der Waals surface area contributed by atoms with Crippen molar-refractivity contribution in [3.05, 3.63) is 39.8 Å². The second kappa shape index (κ2) is 6.42. The number of benzene rings is 1. The van der Waals surface area contributed by atoms with E-state index in [1.54, 1.807) is 26.0 Å². The number of aryl methyl sites for hydroxylation is 2. The van der Waals surface area contributed by atoms with Crippen LogP contribution in [0.4, 0.5) is 16.2 Å². The Morgan fingerprint density at radius 2 is 2.24 bits per heavy atom. The minimum atomic E-state index is -0.979. The lowest BCUT2D eigenvalue weighted by Gasteiger charge is -2.15. The number of carbonyl (C=O) groups is 1. The zero-order valence-corrected chi connectivity index (χ0v) is 13.9. The number of nitrogens with zero attached hydrogens (tertiary/aromatic N) is 3. The van der Waals surface area contributed by atoms with E-state index < -0.39 is 11.0 Å². The van der Waals surface area contributed by atoms with Gasteiger partial charge >= 0.3 is 6.09 Å². The summed E-state index contributed by atoms with van der Waals surface area (Å²) in [5.74, 6) is 0.598. The molecule has 0 saturated carbocycles. The summed E-state index contributed by atoms with van der Waals surface area (Å²) < 4.78 is 5.13. The van der Waals surface area contributed by atoms with E-state index >= 15 is 0 Å². The highest BCUT2D eigenvalue weighted by molar-refractivity contribution is 5.75. The molecule has 1 atom stereocenters. The lowest BCUT2D eigenvalue weighted by atomic mass is 10.0. The Bertz CT molecular complexity index is 812. The number of nitro benzene ring substituents is 1. The summed E-state index contributed by atoms with van der Waals surface area (Å²) in [5, 5.41) is 27.5. The van der Waals surface area contributed by atoms with Gasteiger partial charge in [0.2, 0.25) is 0 Å². The van der Waals surface area contributed by atoms with E-state index in [2.05, 4.69) is 10.5 Å². The monoisotopic (exact) mass is 346 g/mol. The maximum absolute atomic E-state index is 11.5. The van der Waals surface area contributed by atoms with Crippen molar-refractivity contribution in [1.82, 2.24) is 10.1 Å². The Kier molecular flexibility index (Phi) is 4.30. The Hall–Kier alpha value is -3.10. The third-order valence-corrected chi connectivity index (χ3v) is 4.33. The number of likely N-dealkylation sites (tertiary alicyclic amines) is 1. The molecular weight excluding hydrogens is 328 g/mol. The summed E-state index contributed by atoms with van der Waals surface area (Å²) in [6, 6.07) is 4.74. The molecule has 1 aliphatic rings. The van der Waals surface area contributed by atoms with Crippen molar-refractivity contribution in [1.29, 1.82) is 0 Å². The SMILES string of the molecule is Cc1noc(C)c1-c1ccc(NC2CCN(C(=O)O)C2)c([N+](=O)[O-])c1. The first-order valence-electron chi connectivity index (χ1n) is 7.83. The molecule has 3 rings (SSSR count). The zero-order chi connectivity index (χ0) is 18.1. The van der Waals surface area contributed by atoms with E-state index in [-0.39, 0.29) is 11.7 Å². The van der Waals surface area contributed by atoms with Gasteiger partial charge in [-0.2, -0.15) is 0 Å². The number of nitro groups is 1. The number of carboxylic acid groups (broad SMARTS) is 1. The van der Waals surface area contributed by atoms with Gasteiger partial charge < -0.3 is 19.8 Å². The Balaban J connectivity index is 1.88.